The van der Waals surface area contributed by atoms with E-state index in [4.69, 9.17) is 11.6 Å². The lowest BCUT2D eigenvalue weighted by Gasteiger charge is -2.14. The molecule has 0 bridgehead atoms. The number of hydrogen-bond donors (Lipinski definition) is 1. The lowest BCUT2D eigenvalue weighted by molar-refractivity contribution is -0.138. The number of carboxylic acids is 1. The number of rotatable bonds is 4. The molecule has 0 aliphatic heterocycles. The number of aliphatic carboxylic acids is 1. The molecule has 0 saturated carbocycles. The summed E-state index contributed by atoms with van der Waals surface area (Å²) in [5.74, 6) is -1.36. The molecule has 2 aromatic carbocycles. The highest BCUT2D eigenvalue weighted by molar-refractivity contribution is 6.30. The van der Waals surface area contributed by atoms with E-state index >= 15 is 0 Å². The second kappa shape index (κ2) is 6.10. The molecule has 0 aliphatic carbocycles. The van der Waals surface area contributed by atoms with Crippen molar-refractivity contribution in [3.63, 3.8) is 0 Å². The van der Waals surface area contributed by atoms with E-state index in [-0.39, 0.29) is 0 Å². The van der Waals surface area contributed by atoms with Gasteiger partial charge in [-0.3, -0.25) is 4.79 Å². The summed E-state index contributed by atoms with van der Waals surface area (Å²) in [5, 5.41) is 10.1. The van der Waals surface area contributed by atoms with E-state index in [0.29, 0.717) is 11.4 Å². The van der Waals surface area contributed by atoms with E-state index in [1.165, 1.54) is 11.1 Å². The van der Waals surface area contributed by atoms with Crippen LogP contribution in [-0.2, 0) is 11.2 Å². The molecular weight excluding hydrogens is 272 g/mol. The Kier molecular flexibility index (Phi) is 4.46. The molecule has 1 N–H and O–H groups in total. The SMILES string of the molecule is Cc1ccc(C[C@H](C(=O)O)c2ccc(Cl)cc2)cc1C. The van der Waals surface area contributed by atoms with Gasteiger partial charge >= 0.3 is 5.97 Å². The highest BCUT2D eigenvalue weighted by Gasteiger charge is 2.20. The monoisotopic (exact) mass is 288 g/mol. The van der Waals surface area contributed by atoms with Gasteiger partial charge in [-0.1, -0.05) is 41.9 Å². The Morgan fingerprint density at radius 1 is 1.10 bits per heavy atom. The number of aryl methyl sites for hydroxylation is 2. The fourth-order valence-electron chi connectivity index (χ4n) is 2.21. The first kappa shape index (κ1) is 14.6. The molecule has 104 valence electrons. The molecule has 0 spiro atoms. The van der Waals surface area contributed by atoms with Crippen molar-refractivity contribution in [2.75, 3.05) is 0 Å². The molecule has 0 heterocycles. The molecular formula is C17H17ClO2. The first-order valence-electron chi connectivity index (χ1n) is 6.52. The molecule has 20 heavy (non-hydrogen) atoms. The Morgan fingerprint density at radius 3 is 2.30 bits per heavy atom. The normalized spacial score (nSPS) is 12.2. The molecule has 0 radical (unpaired) electrons. The maximum Gasteiger partial charge on any atom is 0.311 e. The van der Waals surface area contributed by atoms with Gasteiger partial charge in [0.1, 0.15) is 0 Å². The van der Waals surface area contributed by atoms with Gasteiger partial charge in [-0.2, -0.15) is 0 Å². The van der Waals surface area contributed by atoms with Gasteiger partial charge in [0.25, 0.3) is 0 Å². The first-order valence-corrected chi connectivity index (χ1v) is 6.89. The van der Waals surface area contributed by atoms with Crippen molar-refractivity contribution in [3.8, 4) is 0 Å². The van der Waals surface area contributed by atoms with Gasteiger partial charge in [0.2, 0.25) is 0 Å². The molecule has 0 fully saturated rings. The second-order valence-corrected chi connectivity index (χ2v) is 5.50. The lowest BCUT2D eigenvalue weighted by Crippen LogP contribution is -2.14. The molecule has 2 nitrogen and oxygen atoms in total. The smallest absolute Gasteiger partial charge is 0.311 e. The summed E-state index contributed by atoms with van der Waals surface area (Å²) in [5.41, 5.74) is 4.21. The van der Waals surface area contributed by atoms with Crippen LogP contribution in [-0.4, -0.2) is 11.1 Å². The third-order valence-corrected chi connectivity index (χ3v) is 3.83. The van der Waals surface area contributed by atoms with Crippen LogP contribution in [0.3, 0.4) is 0 Å². The third-order valence-electron chi connectivity index (χ3n) is 3.58. The van der Waals surface area contributed by atoms with Gasteiger partial charge in [-0.15, -0.1) is 0 Å². The minimum absolute atomic E-state index is 0.484. The highest BCUT2D eigenvalue weighted by atomic mass is 35.5. The van der Waals surface area contributed by atoms with Gasteiger partial charge in [0.15, 0.2) is 0 Å². The summed E-state index contributed by atoms with van der Waals surface area (Å²) in [6.07, 6.45) is 0.484. The molecule has 0 unspecified atom stereocenters. The van der Waals surface area contributed by atoms with E-state index in [0.717, 1.165) is 11.1 Å². The van der Waals surface area contributed by atoms with Crippen molar-refractivity contribution >= 4 is 17.6 Å². The lowest BCUT2D eigenvalue weighted by atomic mass is 9.91. The summed E-state index contributed by atoms with van der Waals surface area (Å²) in [4.78, 5) is 11.5. The molecule has 2 aromatic rings. The van der Waals surface area contributed by atoms with Crippen molar-refractivity contribution in [1.82, 2.24) is 0 Å². The van der Waals surface area contributed by atoms with Gasteiger partial charge < -0.3 is 5.11 Å². The predicted molar refractivity (Wildman–Crippen MR) is 81.4 cm³/mol. The van der Waals surface area contributed by atoms with Gasteiger partial charge in [-0.05, 0) is 54.7 Å². The van der Waals surface area contributed by atoms with Crippen LogP contribution in [0.15, 0.2) is 42.5 Å². The Balaban J connectivity index is 2.27. The number of carboxylic acid groups (broad SMARTS) is 1. The second-order valence-electron chi connectivity index (χ2n) is 5.07. The Labute approximate surface area is 124 Å². The van der Waals surface area contributed by atoms with Crippen LogP contribution in [0.25, 0.3) is 0 Å². The molecule has 0 aliphatic rings. The number of benzene rings is 2. The fraction of sp³-hybridized carbons (Fsp3) is 0.235. The van der Waals surface area contributed by atoms with E-state index in [9.17, 15) is 9.90 Å². The van der Waals surface area contributed by atoms with E-state index in [1.54, 1.807) is 24.3 Å². The van der Waals surface area contributed by atoms with Crippen LogP contribution in [0.4, 0.5) is 0 Å². The standard InChI is InChI=1S/C17H17ClO2/c1-11-3-4-13(9-12(11)2)10-16(17(19)20)14-5-7-15(18)8-6-14/h3-9,16H,10H2,1-2H3,(H,19,20)/t16-/m0/s1. The predicted octanol–water partition coefficient (Wildman–Crippen LogP) is 4.37. The molecule has 3 heteroatoms. The maximum absolute atomic E-state index is 11.5. The van der Waals surface area contributed by atoms with E-state index in [1.807, 2.05) is 26.0 Å². The minimum atomic E-state index is -0.814. The topological polar surface area (TPSA) is 37.3 Å². The van der Waals surface area contributed by atoms with Crippen molar-refractivity contribution in [1.29, 1.82) is 0 Å². The summed E-state index contributed by atoms with van der Waals surface area (Å²) in [6, 6.07) is 13.1. The van der Waals surface area contributed by atoms with Gasteiger partial charge in [0, 0.05) is 5.02 Å². The van der Waals surface area contributed by atoms with Crippen molar-refractivity contribution in [2.24, 2.45) is 0 Å². The van der Waals surface area contributed by atoms with E-state index in [2.05, 4.69) is 6.07 Å². The summed E-state index contributed by atoms with van der Waals surface area (Å²) in [6.45, 7) is 4.09. The molecule has 0 aromatic heterocycles. The Hall–Kier alpha value is -1.80. The highest BCUT2D eigenvalue weighted by Crippen LogP contribution is 2.24. The van der Waals surface area contributed by atoms with Crippen LogP contribution in [0.1, 0.15) is 28.2 Å². The Morgan fingerprint density at radius 2 is 1.75 bits per heavy atom. The van der Waals surface area contributed by atoms with E-state index < -0.39 is 11.9 Å². The number of carbonyl (C=O) groups is 1. The number of halogens is 1. The quantitative estimate of drug-likeness (QED) is 0.907. The Bertz CT molecular complexity index is 617. The van der Waals surface area contributed by atoms with Crippen LogP contribution < -0.4 is 0 Å². The van der Waals surface area contributed by atoms with Gasteiger partial charge in [-0.25, -0.2) is 0 Å². The zero-order valence-electron chi connectivity index (χ0n) is 11.6. The van der Waals surface area contributed by atoms with Crippen molar-refractivity contribution in [2.45, 2.75) is 26.2 Å². The zero-order valence-corrected chi connectivity index (χ0v) is 12.3. The van der Waals surface area contributed by atoms with Crippen LogP contribution in [0.5, 0.6) is 0 Å². The molecule has 0 amide bonds. The fourth-order valence-corrected chi connectivity index (χ4v) is 2.34. The largest absolute Gasteiger partial charge is 0.481 e. The van der Waals surface area contributed by atoms with Crippen LogP contribution >= 0.6 is 11.6 Å². The third kappa shape index (κ3) is 3.40. The minimum Gasteiger partial charge on any atom is -0.481 e. The first-order chi connectivity index (χ1) is 9.47. The molecule has 0 saturated heterocycles. The maximum atomic E-state index is 11.5. The molecule has 2 rings (SSSR count). The summed E-state index contributed by atoms with van der Waals surface area (Å²) in [7, 11) is 0. The summed E-state index contributed by atoms with van der Waals surface area (Å²) >= 11 is 5.85. The van der Waals surface area contributed by atoms with Crippen LogP contribution in [0.2, 0.25) is 5.02 Å². The number of hydrogen-bond acceptors (Lipinski definition) is 1. The zero-order chi connectivity index (χ0) is 14.7. The average molecular weight is 289 g/mol. The summed E-state index contributed by atoms with van der Waals surface area (Å²) < 4.78 is 0. The van der Waals surface area contributed by atoms with Crippen molar-refractivity contribution < 1.29 is 9.90 Å². The van der Waals surface area contributed by atoms with Gasteiger partial charge in [0.05, 0.1) is 5.92 Å². The average Bonchev–Trinajstić information content (AvgIpc) is 2.41. The van der Waals surface area contributed by atoms with Crippen molar-refractivity contribution in [3.05, 3.63) is 69.7 Å². The van der Waals surface area contributed by atoms with Crippen LogP contribution in [0, 0.1) is 13.8 Å². The molecule has 1 atom stereocenters.